The average molecular weight is 796 g/mol. The normalized spacial score (nSPS) is 35.5. The molecule has 1 heterocycles. The molecule has 0 N–H and O–H groups in total. The lowest BCUT2D eigenvalue weighted by atomic mass is 9.47. The molecule has 0 aromatic carbocycles. The first-order valence-electron chi connectivity index (χ1n) is 22.8. The predicted molar refractivity (Wildman–Crippen MR) is 219 cm³/mol. The van der Waals surface area contributed by atoms with Crippen molar-refractivity contribution in [3.8, 4) is 6.07 Å². The lowest BCUT2D eigenvalue weighted by Gasteiger charge is -2.62. The van der Waals surface area contributed by atoms with Gasteiger partial charge in [0.25, 0.3) is 0 Å². The second-order valence-electron chi connectivity index (χ2n) is 21.9. The van der Waals surface area contributed by atoms with Gasteiger partial charge in [-0.3, -0.25) is 19.2 Å². The molecule has 7 saturated carbocycles. The van der Waals surface area contributed by atoms with E-state index in [1.54, 1.807) is 0 Å². The van der Waals surface area contributed by atoms with Gasteiger partial charge in [-0.15, -0.1) is 0 Å². The number of hydrogen-bond acceptors (Lipinski definition) is 9. The number of nitriles is 1. The first-order chi connectivity index (χ1) is 26.5. The van der Waals surface area contributed by atoms with Crippen molar-refractivity contribution in [3.63, 3.8) is 0 Å². The third kappa shape index (κ3) is 8.16. The van der Waals surface area contributed by atoms with Gasteiger partial charge in [0.15, 0.2) is 5.41 Å². The van der Waals surface area contributed by atoms with Crippen LogP contribution in [0.3, 0.4) is 0 Å². The van der Waals surface area contributed by atoms with Gasteiger partial charge in [0.1, 0.15) is 23.4 Å². The van der Waals surface area contributed by atoms with Gasteiger partial charge >= 0.3 is 23.9 Å². The molecule has 8 aliphatic rings. The van der Waals surface area contributed by atoms with Crippen LogP contribution in [0.4, 0.5) is 0 Å². The van der Waals surface area contributed by atoms with E-state index in [4.69, 9.17) is 18.9 Å². The smallest absolute Gasteiger partial charge is 0.327 e. The Morgan fingerprint density at radius 2 is 1.21 bits per heavy atom. The highest BCUT2D eigenvalue weighted by Gasteiger charge is 2.72. The second-order valence-corrected chi connectivity index (χ2v) is 21.9. The maximum absolute atomic E-state index is 12.8. The van der Waals surface area contributed by atoms with E-state index in [1.807, 2.05) is 55.4 Å². The fraction of sp³-hybridized carbons (Fsp3) is 0.896. The summed E-state index contributed by atoms with van der Waals surface area (Å²) in [7, 11) is 0. The van der Waals surface area contributed by atoms with Crippen LogP contribution in [0.1, 0.15) is 180 Å². The molecule has 6 bridgehead atoms. The molecular formula is C48H77NO8. The summed E-state index contributed by atoms with van der Waals surface area (Å²) >= 11 is 0. The summed E-state index contributed by atoms with van der Waals surface area (Å²) in [5, 5.41) is 9.31. The fourth-order valence-corrected chi connectivity index (χ4v) is 11.5. The van der Waals surface area contributed by atoms with Crippen molar-refractivity contribution in [1.29, 1.82) is 5.26 Å². The Morgan fingerprint density at radius 1 is 0.737 bits per heavy atom. The molecule has 7 aliphatic carbocycles. The van der Waals surface area contributed by atoms with Crippen LogP contribution in [-0.4, -0.2) is 47.3 Å². The molecule has 1 saturated heterocycles. The van der Waals surface area contributed by atoms with Crippen molar-refractivity contribution >= 4 is 23.9 Å². The van der Waals surface area contributed by atoms with Crippen molar-refractivity contribution in [2.24, 2.45) is 69.0 Å². The van der Waals surface area contributed by atoms with Crippen molar-refractivity contribution in [1.82, 2.24) is 0 Å². The van der Waals surface area contributed by atoms with E-state index in [2.05, 4.69) is 40.7 Å². The van der Waals surface area contributed by atoms with Gasteiger partial charge in [-0.1, -0.05) is 48.5 Å². The number of nitrogens with zero attached hydrogens (tertiary/aromatic N) is 1. The highest BCUT2D eigenvalue weighted by atomic mass is 16.6. The molecule has 9 nitrogen and oxygen atoms in total. The molecule has 9 heteroatoms. The Labute approximate surface area is 344 Å². The third-order valence-corrected chi connectivity index (χ3v) is 16.7. The minimum atomic E-state index is -0.974. The van der Waals surface area contributed by atoms with E-state index in [1.165, 1.54) is 44.9 Å². The van der Waals surface area contributed by atoms with Crippen LogP contribution in [0.25, 0.3) is 0 Å². The molecule has 0 aromatic heterocycles. The standard InChI is InChI=1S/C19H32O2.C15H19NO4.C14H26O2/c1-6-18(4,5)17(20)21-19(12(2)3)15-8-13-7-14(10-15)11-16(19)9-13;1-4-14(2,3)12(17)19-10-8-5-9-11(10)20-13(18)15(9,6-8)7-16;1-6-13(4,5)12(15)16-14(11(2)3)9-7-8-10-14/h12-16H,6-11H2,1-5H3;8-11H,4-6H2,1-3H3;11H,6-10H2,1-5H3. The van der Waals surface area contributed by atoms with Gasteiger partial charge in [0, 0.05) is 11.8 Å². The molecule has 0 aromatic rings. The van der Waals surface area contributed by atoms with Crippen molar-refractivity contribution in [2.45, 2.75) is 203 Å². The molecule has 1 aliphatic heterocycles. The van der Waals surface area contributed by atoms with E-state index in [9.17, 15) is 24.4 Å². The number of ether oxygens (including phenoxy) is 4. The Kier molecular flexibility index (Phi) is 13.1. The molecule has 57 heavy (non-hydrogen) atoms. The van der Waals surface area contributed by atoms with Gasteiger partial charge < -0.3 is 18.9 Å². The van der Waals surface area contributed by atoms with Crippen LogP contribution in [-0.2, 0) is 38.1 Å². The first-order valence-corrected chi connectivity index (χ1v) is 22.8. The topological polar surface area (TPSA) is 129 Å². The Morgan fingerprint density at radius 3 is 1.65 bits per heavy atom. The number of carbonyl (C=O) groups is 4. The molecule has 8 fully saturated rings. The molecule has 0 spiro atoms. The van der Waals surface area contributed by atoms with Gasteiger partial charge in [0.05, 0.1) is 22.3 Å². The molecule has 5 unspecified atom stereocenters. The largest absolute Gasteiger partial charge is 0.458 e. The SMILES string of the molecule is CCC(C)(C)C(=O)OC1(C(C)C)C2CC3CC(C2)CC1C3.CCC(C)(C)C(=O)OC1(C(C)C)CCCC1.CCC(C)(C)C(=O)OC1C2CC3C1OC(=O)C3(C#N)C2. The Hall–Kier alpha value is -2.63. The minimum Gasteiger partial charge on any atom is -0.458 e. The van der Waals surface area contributed by atoms with Crippen molar-refractivity contribution < 1.29 is 38.1 Å². The zero-order chi connectivity index (χ0) is 42.5. The summed E-state index contributed by atoms with van der Waals surface area (Å²) < 4.78 is 23.3. The van der Waals surface area contributed by atoms with Crippen LogP contribution >= 0.6 is 0 Å². The molecule has 322 valence electrons. The van der Waals surface area contributed by atoms with Crippen LogP contribution in [0.5, 0.6) is 0 Å². The van der Waals surface area contributed by atoms with Gasteiger partial charge in [-0.25, -0.2) is 0 Å². The number of rotatable bonds is 11. The van der Waals surface area contributed by atoms with E-state index in [-0.39, 0.29) is 57.9 Å². The summed E-state index contributed by atoms with van der Waals surface area (Å²) in [4.78, 5) is 49.1. The monoisotopic (exact) mass is 796 g/mol. The van der Waals surface area contributed by atoms with Gasteiger partial charge in [-0.2, -0.15) is 5.26 Å². The Bertz CT molecular complexity index is 1520. The summed E-state index contributed by atoms with van der Waals surface area (Å²) in [5.74, 6) is 3.23. The maximum atomic E-state index is 12.8. The summed E-state index contributed by atoms with van der Waals surface area (Å²) in [6, 6.07) is 2.15. The second kappa shape index (κ2) is 16.4. The van der Waals surface area contributed by atoms with Crippen molar-refractivity contribution in [2.75, 3.05) is 0 Å². The summed E-state index contributed by atoms with van der Waals surface area (Å²) in [6.07, 6.45) is 13.9. The quantitative estimate of drug-likeness (QED) is 0.148. The Balaban J connectivity index is 0.000000165. The third-order valence-electron chi connectivity index (χ3n) is 16.7. The van der Waals surface area contributed by atoms with Crippen LogP contribution < -0.4 is 0 Å². The van der Waals surface area contributed by atoms with E-state index < -0.39 is 22.9 Å². The van der Waals surface area contributed by atoms with Gasteiger partial charge in [-0.05, 0) is 167 Å². The summed E-state index contributed by atoms with van der Waals surface area (Å²) in [6.45, 7) is 26.6. The number of esters is 4. The number of hydrogen-bond donors (Lipinski definition) is 0. The first kappa shape index (κ1) is 45.5. The number of fused-ring (bicyclic) bond motifs is 1. The van der Waals surface area contributed by atoms with E-state index in [0.717, 1.165) is 43.9 Å². The van der Waals surface area contributed by atoms with E-state index >= 15 is 0 Å². The lowest BCUT2D eigenvalue weighted by Crippen LogP contribution is -2.63. The minimum absolute atomic E-state index is 0.0226. The average Bonchev–Trinajstić information content (AvgIpc) is 3.91. The van der Waals surface area contributed by atoms with Crippen LogP contribution in [0.2, 0.25) is 0 Å². The maximum Gasteiger partial charge on any atom is 0.327 e. The van der Waals surface area contributed by atoms with Gasteiger partial charge in [0.2, 0.25) is 0 Å². The molecule has 0 amide bonds. The predicted octanol–water partition coefficient (Wildman–Crippen LogP) is 10.6. The molecular weight excluding hydrogens is 719 g/mol. The highest BCUT2D eigenvalue weighted by molar-refractivity contribution is 5.85. The molecule has 0 radical (unpaired) electrons. The summed E-state index contributed by atoms with van der Waals surface area (Å²) in [5.41, 5.74) is -2.54. The fourth-order valence-electron chi connectivity index (χ4n) is 11.5. The molecule has 5 atom stereocenters. The van der Waals surface area contributed by atoms with Crippen LogP contribution in [0.15, 0.2) is 0 Å². The lowest BCUT2D eigenvalue weighted by molar-refractivity contribution is -0.231. The van der Waals surface area contributed by atoms with Crippen LogP contribution in [0, 0.1) is 80.3 Å². The number of carbonyl (C=O) groups excluding carboxylic acids is 4. The zero-order valence-electron chi connectivity index (χ0n) is 37.9. The van der Waals surface area contributed by atoms with E-state index in [0.29, 0.717) is 36.5 Å². The highest BCUT2D eigenvalue weighted by Crippen LogP contribution is 2.63. The zero-order valence-corrected chi connectivity index (χ0v) is 37.9. The molecule has 8 rings (SSSR count). The van der Waals surface area contributed by atoms with Crippen molar-refractivity contribution in [3.05, 3.63) is 0 Å².